The van der Waals surface area contributed by atoms with Crippen molar-refractivity contribution in [1.82, 2.24) is 0 Å². The number of hydrogen-bond acceptors (Lipinski definition) is 2. The second-order valence-corrected chi connectivity index (χ2v) is 8.06. The van der Waals surface area contributed by atoms with Crippen LogP contribution in [0.3, 0.4) is 0 Å². The second-order valence-electron chi connectivity index (χ2n) is 6.84. The number of carbonyl (C=O) groups excluding carboxylic acids is 1. The van der Waals surface area contributed by atoms with E-state index in [1.54, 1.807) is 28.8 Å². The maximum atomic E-state index is 14.0. The van der Waals surface area contributed by atoms with Gasteiger partial charge in [-0.2, -0.15) is 0 Å². The summed E-state index contributed by atoms with van der Waals surface area (Å²) in [5, 5.41) is -0.352. The van der Waals surface area contributed by atoms with Gasteiger partial charge in [0.05, 0.1) is 5.25 Å². The first kappa shape index (κ1) is 17.8. The summed E-state index contributed by atoms with van der Waals surface area (Å²) in [5.41, 5.74) is 3.94. The Labute approximate surface area is 163 Å². The quantitative estimate of drug-likeness (QED) is 0.609. The van der Waals surface area contributed by atoms with Crippen LogP contribution in [0, 0.1) is 12.7 Å². The average molecular weight is 377 g/mol. The predicted molar refractivity (Wildman–Crippen MR) is 109 cm³/mol. The van der Waals surface area contributed by atoms with Gasteiger partial charge in [-0.3, -0.25) is 4.79 Å². The summed E-state index contributed by atoms with van der Waals surface area (Å²) in [4.78, 5) is 16.0. The highest BCUT2D eigenvalue weighted by Crippen LogP contribution is 2.46. The van der Waals surface area contributed by atoms with Gasteiger partial charge in [0.15, 0.2) is 0 Å². The third-order valence-corrected chi connectivity index (χ3v) is 6.27. The van der Waals surface area contributed by atoms with E-state index in [0.29, 0.717) is 0 Å². The number of benzene rings is 3. The van der Waals surface area contributed by atoms with E-state index in [4.69, 9.17) is 0 Å². The van der Waals surface area contributed by atoms with Gasteiger partial charge in [0, 0.05) is 23.5 Å². The lowest BCUT2D eigenvalue weighted by Crippen LogP contribution is -2.43. The number of hydrogen-bond donors (Lipinski definition) is 0. The van der Waals surface area contributed by atoms with Crippen molar-refractivity contribution >= 4 is 23.4 Å². The minimum absolute atomic E-state index is 0.0357. The molecule has 4 heteroatoms. The van der Waals surface area contributed by atoms with Crippen LogP contribution in [0.5, 0.6) is 0 Å². The van der Waals surface area contributed by atoms with Crippen LogP contribution < -0.4 is 4.90 Å². The summed E-state index contributed by atoms with van der Waals surface area (Å²) >= 11 is 1.54. The molecule has 0 N–H and O–H groups in total. The summed E-state index contributed by atoms with van der Waals surface area (Å²) in [5.74, 6) is -0.448. The fraction of sp³-hybridized carbons (Fsp3) is 0.174. The van der Waals surface area contributed by atoms with Gasteiger partial charge in [-0.15, -0.1) is 11.8 Å². The van der Waals surface area contributed by atoms with Gasteiger partial charge < -0.3 is 4.90 Å². The SMILES string of the molecule is Cc1ccc(S[C@@H]2C(=O)N(C)c3ccccc3[C@@H]2c2cccc(F)c2)cc1. The van der Waals surface area contributed by atoms with Crippen molar-refractivity contribution in [2.24, 2.45) is 0 Å². The monoisotopic (exact) mass is 377 g/mol. The smallest absolute Gasteiger partial charge is 0.241 e. The van der Waals surface area contributed by atoms with E-state index in [-0.39, 0.29) is 22.9 Å². The van der Waals surface area contributed by atoms with E-state index < -0.39 is 0 Å². The van der Waals surface area contributed by atoms with E-state index in [2.05, 4.69) is 0 Å². The van der Waals surface area contributed by atoms with Gasteiger partial charge in [0.25, 0.3) is 0 Å². The first-order valence-corrected chi connectivity index (χ1v) is 9.78. The second kappa shape index (κ2) is 7.20. The molecule has 0 radical (unpaired) electrons. The van der Waals surface area contributed by atoms with Crippen molar-refractivity contribution in [1.29, 1.82) is 0 Å². The number of nitrogens with zero attached hydrogens (tertiary/aromatic N) is 1. The third kappa shape index (κ3) is 3.37. The topological polar surface area (TPSA) is 20.3 Å². The number of rotatable bonds is 3. The molecule has 0 saturated carbocycles. The average Bonchev–Trinajstić information content (AvgIpc) is 2.68. The van der Waals surface area contributed by atoms with Crippen LogP contribution in [-0.2, 0) is 4.79 Å². The maximum absolute atomic E-state index is 14.0. The predicted octanol–water partition coefficient (Wildman–Crippen LogP) is 5.40. The summed E-state index contributed by atoms with van der Waals surface area (Å²) in [6.07, 6.45) is 0. The molecular weight excluding hydrogens is 357 g/mol. The fourth-order valence-corrected chi connectivity index (χ4v) is 4.89. The van der Waals surface area contributed by atoms with E-state index in [9.17, 15) is 9.18 Å². The van der Waals surface area contributed by atoms with Crippen molar-refractivity contribution < 1.29 is 9.18 Å². The van der Waals surface area contributed by atoms with Crippen LogP contribution in [0.15, 0.2) is 77.7 Å². The molecule has 1 aliphatic heterocycles. The van der Waals surface area contributed by atoms with Crippen molar-refractivity contribution in [2.75, 3.05) is 11.9 Å². The largest absolute Gasteiger partial charge is 0.314 e. The highest BCUT2D eigenvalue weighted by atomic mass is 32.2. The lowest BCUT2D eigenvalue weighted by atomic mass is 9.83. The molecule has 0 saturated heterocycles. The number of amides is 1. The zero-order chi connectivity index (χ0) is 19.0. The van der Waals surface area contributed by atoms with E-state index >= 15 is 0 Å². The summed E-state index contributed by atoms with van der Waals surface area (Å²) in [6, 6.07) is 22.7. The Morgan fingerprint density at radius 3 is 2.44 bits per heavy atom. The van der Waals surface area contributed by atoms with Crippen molar-refractivity contribution in [3.05, 3.63) is 95.3 Å². The molecule has 3 aromatic carbocycles. The fourth-order valence-electron chi connectivity index (χ4n) is 3.61. The molecule has 0 spiro atoms. The van der Waals surface area contributed by atoms with Crippen LogP contribution in [0.4, 0.5) is 10.1 Å². The Morgan fingerprint density at radius 2 is 1.70 bits per heavy atom. The minimum atomic E-state index is -0.352. The van der Waals surface area contributed by atoms with Crippen LogP contribution >= 0.6 is 11.8 Å². The number of carbonyl (C=O) groups is 1. The molecule has 3 aromatic rings. The minimum Gasteiger partial charge on any atom is -0.314 e. The summed E-state index contributed by atoms with van der Waals surface area (Å²) < 4.78 is 14.0. The molecule has 2 nitrogen and oxygen atoms in total. The van der Waals surface area contributed by atoms with Crippen molar-refractivity contribution in [2.45, 2.75) is 23.0 Å². The van der Waals surface area contributed by atoms with Gasteiger partial charge in [-0.1, -0.05) is 48.0 Å². The van der Waals surface area contributed by atoms with Crippen LogP contribution in [0.1, 0.15) is 22.6 Å². The summed E-state index contributed by atoms with van der Waals surface area (Å²) in [6.45, 7) is 2.04. The molecule has 4 rings (SSSR count). The molecule has 0 fully saturated rings. The molecule has 0 bridgehead atoms. The van der Waals surface area contributed by atoms with E-state index in [1.165, 1.54) is 11.6 Å². The number of halogens is 1. The molecule has 0 aliphatic carbocycles. The highest BCUT2D eigenvalue weighted by molar-refractivity contribution is 8.00. The van der Waals surface area contributed by atoms with Crippen molar-refractivity contribution in [3.63, 3.8) is 0 Å². The van der Waals surface area contributed by atoms with Crippen molar-refractivity contribution in [3.8, 4) is 0 Å². The Balaban J connectivity index is 1.83. The van der Waals surface area contributed by atoms with Gasteiger partial charge in [-0.25, -0.2) is 4.39 Å². The first-order valence-electron chi connectivity index (χ1n) is 8.90. The number of para-hydroxylation sites is 1. The molecule has 136 valence electrons. The van der Waals surface area contributed by atoms with Gasteiger partial charge in [0.2, 0.25) is 5.91 Å². The third-order valence-electron chi connectivity index (χ3n) is 5.00. The summed E-state index contributed by atoms with van der Waals surface area (Å²) in [7, 11) is 1.81. The zero-order valence-electron chi connectivity index (χ0n) is 15.2. The van der Waals surface area contributed by atoms with Crippen LogP contribution in [0.2, 0.25) is 0 Å². The molecule has 1 amide bonds. The number of anilines is 1. The number of thioether (sulfide) groups is 1. The Morgan fingerprint density at radius 1 is 0.963 bits per heavy atom. The zero-order valence-corrected chi connectivity index (χ0v) is 16.0. The molecular formula is C23H20FNOS. The van der Waals surface area contributed by atoms with Gasteiger partial charge in [0.1, 0.15) is 5.82 Å². The van der Waals surface area contributed by atoms with Crippen LogP contribution in [0.25, 0.3) is 0 Å². The molecule has 0 unspecified atom stereocenters. The highest BCUT2D eigenvalue weighted by Gasteiger charge is 2.40. The van der Waals surface area contributed by atoms with Gasteiger partial charge >= 0.3 is 0 Å². The Bertz CT molecular complexity index is 986. The lowest BCUT2D eigenvalue weighted by molar-refractivity contribution is -0.118. The van der Waals surface area contributed by atoms with Crippen LogP contribution in [-0.4, -0.2) is 18.2 Å². The van der Waals surface area contributed by atoms with Gasteiger partial charge in [-0.05, 0) is 48.4 Å². The van der Waals surface area contributed by atoms with E-state index in [1.807, 2.05) is 68.6 Å². The lowest BCUT2D eigenvalue weighted by Gasteiger charge is -2.37. The molecule has 1 heterocycles. The molecule has 1 aliphatic rings. The number of fused-ring (bicyclic) bond motifs is 1. The molecule has 2 atom stereocenters. The normalized spacial score (nSPS) is 19.1. The number of aryl methyl sites for hydroxylation is 1. The maximum Gasteiger partial charge on any atom is 0.241 e. The standard InChI is InChI=1S/C23H20FNOS/c1-15-10-12-18(13-11-15)27-22-21(16-6-5-7-17(24)14-16)19-8-3-4-9-20(19)25(2)23(22)26/h3-14,21-22H,1-2H3/t21-,22-/m0/s1. The Kier molecular flexibility index (Phi) is 4.75. The molecule has 0 aromatic heterocycles. The Hall–Kier alpha value is -2.59. The first-order chi connectivity index (χ1) is 13.0. The van der Waals surface area contributed by atoms with E-state index in [0.717, 1.165) is 21.7 Å². The molecule has 27 heavy (non-hydrogen) atoms.